The monoisotopic (exact) mass is 300 g/mol. The van der Waals surface area contributed by atoms with Crippen LogP contribution in [0.3, 0.4) is 0 Å². The molecule has 2 aromatic carbocycles. The first-order chi connectivity index (χ1) is 10.5. The topological polar surface area (TPSA) is 44.8 Å². The van der Waals surface area contributed by atoms with E-state index in [-0.39, 0.29) is 0 Å². The number of carbonyl (C=O) groups excluding carboxylic acids is 1. The highest BCUT2D eigenvalue weighted by Crippen LogP contribution is 2.23. The second-order valence-electron chi connectivity index (χ2n) is 5.05. The van der Waals surface area contributed by atoms with Gasteiger partial charge in [0.25, 0.3) is 0 Å². The lowest BCUT2D eigenvalue weighted by molar-refractivity contribution is -0.141. The third kappa shape index (κ3) is 3.79. The smallest absolute Gasteiger partial charge is 0.352 e. The first-order valence-electron chi connectivity index (χ1n) is 7.10. The first kappa shape index (κ1) is 15.9. The number of benzene rings is 2. The number of ether oxygens (including phenoxy) is 3. The zero-order chi connectivity index (χ0) is 16.1. The van der Waals surface area contributed by atoms with E-state index in [4.69, 9.17) is 14.2 Å². The maximum absolute atomic E-state index is 12.1. The van der Waals surface area contributed by atoms with E-state index in [1.54, 1.807) is 38.3 Å². The summed E-state index contributed by atoms with van der Waals surface area (Å²) in [5.74, 6) is 1.42. The third-order valence-corrected chi connectivity index (χ3v) is 3.47. The predicted octanol–water partition coefficient (Wildman–Crippen LogP) is 3.68. The molecule has 1 unspecified atom stereocenters. The molecular weight excluding hydrogens is 280 g/mol. The normalized spacial score (nSPS) is 11.6. The molecule has 0 aliphatic rings. The molecule has 0 aliphatic heterocycles. The number of aryl methyl sites for hydroxylation is 1. The highest BCUT2D eigenvalue weighted by Gasteiger charge is 2.18. The van der Waals surface area contributed by atoms with Crippen LogP contribution in [0.5, 0.6) is 17.2 Å². The molecule has 0 aromatic heterocycles. The Morgan fingerprint density at radius 3 is 2.27 bits per heavy atom. The molecular formula is C18H20O4. The number of hydrogen-bond donors (Lipinski definition) is 0. The maximum atomic E-state index is 12.1. The fourth-order valence-electron chi connectivity index (χ4n) is 1.93. The molecule has 0 saturated heterocycles. The molecule has 116 valence electrons. The number of esters is 1. The summed E-state index contributed by atoms with van der Waals surface area (Å²) in [6.07, 6.45) is -0.692. The molecule has 2 aromatic rings. The summed E-state index contributed by atoms with van der Waals surface area (Å²) in [4.78, 5) is 12.1. The molecule has 0 spiro atoms. The molecule has 1 atom stereocenters. The van der Waals surface area contributed by atoms with Crippen molar-refractivity contribution in [3.8, 4) is 17.2 Å². The average Bonchev–Trinajstić information content (AvgIpc) is 2.52. The van der Waals surface area contributed by atoms with Crippen LogP contribution < -0.4 is 14.2 Å². The number of carbonyl (C=O) groups is 1. The molecule has 22 heavy (non-hydrogen) atoms. The van der Waals surface area contributed by atoms with Gasteiger partial charge in [-0.15, -0.1) is 0 Å². The molecule has 4 nitrogen and oxygen atoms in total. The quantitative estimate of drug-likeness (QED) is 0.624. The van der Waals surface area contributed by atoms with E-state index < -0.39 is 12.1 Å². The van der Waals surface area contributed by atoms with Crippen molar-refractivity contribution < 1.29 is 19.0 Å². The van der Waals surface area contributed by atoms with Gasteiger partial charge in [-0.1, -0.05) is 12.1 Å². The van der Waals surface area contributed by atoms with Gasteiger partial charge in [0.2, 0.25) is 0 Å². The van der Waals surface area contributed by atoms with Crippen molar-refractivity contribution >= 4 is 5.97 Å². The fourth-order valence-corrected chi connectivity index (χ4v) is 1.93. The van der Waals surface area contributed by atoms with E-state index in [2.05, 4.69) is 0 Å². The molecule has 0 aliphatic carbocycles. The van der Waals surface area contributed by atoms with Crippen LogP contribution in [0.2, 0.25) is 0 Å². The van der Waals surface area contributed by atoms with Crippen molar-refractivity contribution in [3.05, 3.63) is 53.6 Å². The van der Waals surface area contributed by atoms with Gasteiger partial charge in [-0.05, 0) is 62.2 Å². The molecule has 2 rings (SSSR count). The average molecular weight is 300 g/mol. The SMILES string of the molecule is COc1ccc(OC(=O)C(C)Oc2cccc(C)c2C)cc1. The number of rotatable bonds is 5. The van der Waals surface area contributed by atoms with Gasteiger partial charge in [-0.2, -0.15) is 0 Å². The van der Waals surface area contributed by atoms with Gasteiger partial charge in [0.05, 0.1) is 7.11 Å². The van der Waals surface area contributed by atoms with Crippen LogP contribution in [0.15, 0.2) is 42.5 Å². The summed E-state index contributed by atoms with van der Waals surface area (Å²) in [5.41, 5.74) is 2.14. The predicted molar refractivity (Wildman–Crippen MR) is 84.6 cm³/mol. The van der Waals surface area contributed by atoms with Crippen LogP contribution in [-0.4, -0.2) is 19.2 Å². The van der Waals surface area contributed by atoms with Crippen molar-refractivity contribution in [1.29, 1.82) is 0 Å². The Morgan fingerprint density at radius 1 is 1.00 bits per heavy atom. The van der Waals surface area contributed by atoms with Gasteiger partial charge in [0.15, 0.2) is 6.10 Å². The van der Waals surface area contributed by atoms with Crippen molar-refractivity contribution in [1.82, 2.24) is 0 Å². The van der Waals surface area contributed by atoms with Crippen molar-refractivity contribution in [2.75, 3.05) is 7.11 Å². The van der Waals surface area contributed by atoms with E-state index in [0.717, 1.165) is 11.1 Å². The molecule has 0 bridgehead atoms. The van der Waals surface area contributed by atoms with Crippen molar-refractivity contribution in [2.45, 2.75) is 26.9 Å². The molecule has 0 fully saturated rings. The van der Waals surface area contributed by atoms with Gasteiger partial charge >= 0.3 is 5.97 Å². The van der Waals surface area contributed by atoms with Crippen LogP contribution in [0, 0.1) is 13.8 Å². The number of hydrogen-bond acceptors (Lipinski definition) is 4. The molecule has 0 saturated carbocycles. The lowest BCUT2D eigenvalue weighted by Gasteiger charge is -2.16. The van der Waals surface area contributed by atoms with Crippen LogP contribution >= 0.6 is 0 Å². The summed E-state index contributed by atoms with van der Waals surface area (Å²) in [6.45, 7) is 5.64. The molecule has 0 N–H and O–H groups in total. The van der Waals surface area contributed by atoms with Gasteiger partial charge in [0, 0.05) is 0 Å². The van der Waals surface area contributed by atoms with Gasteiger partial charge in [0.1, 0.15) is 17.2 Å². The second-order valence-corrected chi connectivity index (χ2v) is 5.05. The third-order valence-electron chi connectivity index (χ3n) is 3.47. The Hall–Kier alpha value is -2.49. The summed E-state index contributed by atoms with van der Waals surface area (Å²) in [7, 11) is 1.58. The van der Waals surface area contributed by atoms with E-state index in [9.17, 15) is 4.79 Å². The highest BCUT2D eigenvalue weighted by molar-refractivity contribution is 5.77. The molecule has 0 heterocycles. The van der Waals surface area contributed by atoms with Crippen LogP contribution in [0.4, 0.5) is 0 Å². The van der Waals surface area contributed by atoms with E-state index in [1.165, 1.54) is 0 Å². The highest BCUT2D eigenvalue weighted by atomic mass is 16.6. The summed E-state index contributed by atoms with van der Waals surface area (Å²) < 4.78 is 16.1. The minimum Gasteiger partial charge on any atom is -0.497 e. The van der Waals surface area contributed by atoms with Crippen molar-refractivity contribution in [2.24, 2.45) is 0 Å². The zero-order valence-corrected chi connectivity index (χ0v) is 13.3. The Bertz CT molecular complexity index is 647. The second kappa shape index (κ2) is 6.98. The molecule has 4 heteroatoms. The first-order valence-corrected chi connectivity index (χ1v) is 7.10. The van der Waals surface area contributed by atoms with Crippen LogP contribution in [0.25, 0.3) is 0 Å². The summed E-state index contributed by atoms with van der Waals surface area (Å²) in [5, 5.41) is 0. The zero-order valence-electron chi connectivity index (χ0n) is 13.3. The Balaban J connectivity index is 2.01. The maximum Gasteiger partial charge on any atom is 0.352 e. The summed E-state index contributed by atoms with van der Waals surface area (Å²) in [6, 6.07) is 12.6. The van der Waals surface area contributed by atoms with E-state index >= 15 is 0 Å². The van der Waals surface area contributed by atoms with E-state index in [0.29, 0.717) is 17.2 Å². The minimum absolute atomic E-state index is 0.439. The minimum atomic E-state index is -0.692. The van der Waals surface area contributed by atoms with Crippen molar-refractivity contribution in [3.63, 3.8) is 0 Å². The Labute approximate surface area is 130 Å². The standard InChI is InChI=1S/C18H20O4/c1-12-6-5-7-17(13(12)2)21-14(3)18(19)22-16-10-8-15(20-4)9-11-16/h5-11,14H,1-4H3. The number of methoxy groups -OCH3 is 1. The lowest BCUT2D eigenvalue weighted by Crippen LogP contribution is -2.28. The lowest BCUT2D eigenvalue weighted by atomic mass is 10.1. The largest absolute Gasteiger partial charge is 0.497 e. The molecule has 0 radical (unpaired) electrons. The fraction of sp³-hybridized carbons (Fsp3) is 0.278. The van der Waals surface area contributed by atoms with Crippen LogP contribution in [0.1, 0.15) is 18.1 Å². The van der Waals surface area contributed by atoms with Gasteiger partial charge in [-0.3, -0.25) is 0 Å². The Kier molecular flexibility index (Phi) is 5.04. The molecule has 0 amide bonds. The van der Waals surface area contributed by atoms with Gasteiger partial charge in [-0.25, -0.2) is 4.79 Å². The Morgan fingerprint density at radius 2 is 1.64 bits per heavy atom. The summed E-state index contributed by atoms with van der Waals surface area (Å²) >= 11 is 0. The van der Waals surface area contributed by atoms with Crippen LogP contribution in [-0.2, 0) is 4.79 Å². The van der Waals surface area contributed by atoms with E-state index in [1.807, 2.05) is 32.0 Å². The van der Waals surface area contributed by atoms with Gasteiger partial charge < -0.3 is 14.2 Å².